The van der Waals surface area contributed by atoms with Gasteiger partial charge in [0, 0.05) is 18.1 Å². The molecule has 6 heteroatoms. The molecule has 0 spiro atoms. The van der Waals surface area contributed by atoms with Crippen LogP contribution in [0, 0.1) is 17.7 Å². The minimum absolute atomic E-state index is 0.181. The summed E-state index contributed by atoms with van der Waals surface area (Å²) in [6, 6.07) is 4.24. The molecule has 1 aromatic rings. The zero-order valence-electron chi connectivity index (χ0n) is 11.0. The number of rotatable bonds is 3. The van der Waals surface area contributed by atoms with Crippen LogP contribution in [0.4, 0.5) is 10.1 Å². The number of nitrogens with zero attached hydrogens (tertiary/aromatic N) is 1. The highest BCUT2D eigenvalue weighted by Gasteiger charge is 2.36. The maximum atomic E-state index is 13.6. The van der Waals surface area contributed by atoms with E-state index in [0.29, 0.717) is 23.4 Å². The summed E-state index contributed by atoms with van der Waals surface area (Å²) in [6.07, 6.45) is 0. The molecular formula is C14H17ClFN3O. The van der Waals surface area contributed by atoms with E-state index in [-0.39, 0.29) is 11.6 Å². The van der Waals surface area contributed by atoms with E-state index in [2.05, 4.69) is 15.5 Å². The molecule has 4 nitrogen and oxygen atoms in total. The van der Waals surface area contributed by atoms with Crippen molar-refractivity contribution >= 4 is 23.2 Å². The van der Waals surface area contributed by atoms with Gasteiger partial charge in [-0.05, 0) is 43.1 Å². The molecule has 0 radical (unpaired) electrons. The monoisotopic (exact) mass is 297 g/mol. The van der Waals surface area contributed by atoms with Crippen LogP contribution in [-0.2, 0) is 4.79 Å². The van der Waals surface area contributed by atoms with Crippen molar-refractivity contribution in [2.24, 2.45) is 11.8 Å². The van der Waals surface area contributed by atoms with Crippen molar-refractivity contribution in [3.63, 3.8) is 0 Å². The molecule has 3 rings (SSSR count). The molecular weight excluding hydrogens is 281 g/mol. The van der Waals surface area contributed by atoms with E-state index in [1.807, 2.05) is 0 Å². The van der Waals surface area contributed by atoms with E-state index < -0.39 is 5.82 Å². The number of halogens is 2. The van der Waals surface area contributed by atoms with Crippen LogP contribution in [0.15, 0.2) is 18.2 Å². The molecule has 2 atom stereocenters. The number of amides is 1. The summed E-state index contributed by atoms with van der Waals surface area (Å²) in [5.74, 6) is 0.609. The van der Waals surface area contributed by atoms with Gasteiger partial charge < -0.3 is 10.6 Å². The first-order valence-corrected chi connectivity index (χ1v) is 7.17. The van der Waals surface area contributed by atoms with Crippen molar-refractivity contribution in [2.45, 2.75) is 0 Å². The predicted octanol–water partition coefficient (Wildman–Crippen LogP) is 1.57. The molecule has 1 aromatic carbocycles. The number of hydrogen-bond donors (Lipinski definition) is 2. The largest absolute Gasteiger partial charge is 0.322 e. The quantitative estimate of drug-likeness (QED) is 0.890. The van der Waals surface area contributed by atoms with E-state index in [0.717, 1.165) is 26.2 Å². The molecule has 108 valence electrons. The van der Waals surface area contributed by atoms with E-state index >= 15 is 0 Å². The third-order valence-electron chi connectivity index (χ3n) is 4.04. The molecule has 2 N–H and O–H groups in total. The Morgan fingerprint density at radius 3 is 2.75 bits per heavy atom. The number of carbonyl (C=O) groups excluding carboxylic acids is 1. The van der Waals surface area contributed by atoms with Crippen LogP contribution in [0.25, 0.3) is 0 Å². The number of hydrogen-bond acceptors (Lipinski definition) is 3. The Kier molecular flexibility index (Phi) is 3.92. The van der Waals surface area contributed by atoms with Crippen molar-refractivity contribution in [1.29, 1.82) is 0 Å². The van der Waals surface area contributed by atoms with Crippen LogP contribution in [0.1, 0.15) is 0 Å². The maximum Gasteiger partial charge on any atom is 0.238 e. The molecule has 2 aliphatic heterocycles. The zero-order chi connectivity index (χ0) is 14.1. The summed E-state index contributed by atoms with van der Waals surface area (Å²) in [4.78, 5) is 14.1. The standard InChI is InChI=1S/C14H17ClFN3O/c15-11-1-2-13(12(16)3-11)18-14(20)8-19-6-9-4-17-5-10(9)7-19/h1-3,9-10,17H,4-8H2,(H,18,20). The SMILES string of the molecule is O=C(CN1CC2CNCC2C1)Nc1ccc(Cl)cc1F. The Labute approximate surface area is 122 Å². The minimum Gasteiger partial charge on any atom is -0.322 e. The molecule has 0 aromatic heterocycles. The van der Waals surface area contributed by atoms with Gasteiger partial charge in [-0.3, -0.25) is 9.69 Å². The second kappa shape index (κ2) is 5.68. The van der Waals surface area contributed by atoms with Gasteiger partial charge in [-0.25, -0.2) is 4.39 Å². The van der Waals surface area contributed by atoms with E-state index in [9.17, 15) is 9.18 Å². The minimum atomic E-state index is -0.506. The van der Waals surface area contributed by atoms with Gasteiger partial charge in [-0.2, -0.15) is 0 Å². The Hall–Kier alpha value is -1.17. The first-order chi connectivity index (χ1) is 9.61. The second-order valence-corrected chi connectivity index (χ2v) is 5.98. The molecule has 0 bridgehead atoms. The first kappa shape index (κ1) is 13.8. The van der Waals surface area contributed by atoms with Crippen LogP contribution in [0.2, 0.25) is 5.02 Å². The van der Waals surface area contributed by atoms with Crippen LogP contribution in [0.3, 0.4) is 0 Å². The number of likely N-dealkylation sites (tertiary alicyclic amines) is 1. The van der Waals surface area contributed by atoms with Gasteiger partial charge in [0.2, 0.25) is 5.91 Å². The predicted molar refractivity (Wildman–Crippen MR) is 76.3 cm³/mol. The molecule has 0 aliphatic carbocycles. The van der Waals surface area contributed by atoms with Gasteiger partial charge in [0.15, 0.2) is 0 Å². The number of fused-ring (bicyclic) bond motifs is 1. The lowest BCUT2D eigenvalue weighted by Crippen LogP contribution is -2.33. The lowest BCUT2D eigenvalue weighted by atomic mass is 10.0. The molecule has 2 saturated heterocycles. The summed E-state index contributed by atoms with van der Waals surface area (Å²) in [6.45, 7) is 4.26. The molecule has 2 fully saturated rings. The molecule has 2 heterocycles. The van der Waals surface area contributed by atoms with Crippen molar-refractivity contribution in [3.8, 4) is 0 Å². The van der Waals surface area contributed by atoms with E-state index in [1.165, 1.54) is 12.1 Å². The average molecular weight is 298 g/mol. The Bertz CT molecular complexity index is 513. The summed E-state index contributed by atoms with van der Waals surface area (Å²) in [5.41, 5.74) is 0.181. The molecule has 1 amide bonds. The number of benzene rings is 1. The Morgan fingerprint density at radius 2 is 2.10 bits per heavy atom. The van der Waals surface area contributed by atoms with Gasteiger partial charge in [0.1, 0.15) is 5.82 Å². The van der Waals surface area contributed by atoms with Gasteiger partial charge >= 0.3 is 0 Å². The van der Waals surface area contributed by atoms with Crippen molar-refractivity contribution in [1.82, 2.24) is 10.2 Å². The van der Waals surface area contributed by atoms with Crippen molar-refractivity contribution in [2.75, 3.05) is 38.0 Å². The Balaban J connectivity index is 1.55. The smallest absolute Gasteiger partial charge is 0.238 e. The summed E-state index contributed by atoms with van der Waals surface area (Å²) < 4.78 is 13.6. The number of carbonyl (C=O) groups is 1. The average Bonchev–Trinajstić information content (AvgIpc) is 2.93. The van der Waals surface area contributed by atoms with Crippen LogP contribution in [-0.4, -0.2) is 43.5 Å². The highest BCUT2D eigenvalue weighted by molar-refractivity contribution is 6.30. The third-order valence-corrected chi connectivity index (χ3v) is 4.27. The van der Waals surface area contributed by atoms with E-state index in [4.69, 9.17) is 11.6 Å². The summed E-state index contributed by atoms with van der Waals surface area (Å²) in [7, 11) is 0. The second-order valence-electron chi connectivity index (χ2n) is 5.54. The maximum absolute atomic E-state index is 13.6. The van der Waals surface area contributed by atoms with Gasteiger partial charge in [-0.15, -0.1) is 0 Å². The fourth-order valence-corrected chi connectivity index (χ4v) is 3.22. The van der Waals surface area contributed by atoms with Gasteiger partial charge in [-0.1, -0.05) is 11.6 Å². The van der Waals surface area contributed by atoms with Crippen LogP contribution in [0.5, 0.6) is 0 Å². The van der Waals surface area contributed by atoms with Gasteiger partial charge in [0.25, 0.3) is 0 Å². The van der Waals surface area contributed by atoms with Crippen molar-refractivity contribution < 1.29 is 9.18 Å². The fraction of sp³-hybridized carbons (Fsp3) is 0.500. The van der Waals surface area contributed by atoms with Crippen molar-refractivity contribution in [3.05, 3.63) is 29.0 Å². The summed E-state index contributed by atoms with van der Waals surface area (Å²) >= 11 is 5.68. The lowest BCUT2D eigenvalue weighted by molar-refractivity contribution is -0.117. The molecule has 2 aliphatic rings. The van der Waals surface area contributed by atoms with Crippen LogP contribution >= 0.6 is 11.6 Å². The fourth-order valence-electron chi connectivity index (χ4n) is 3.07. The number of anilines is 1. The topological polar surface area (TPSA) is 44.4 Å². The molecule has 0 saturated carbocycles. The highest BCUT2D eigenvalue weighted by atomic mass is 35.5. The van der Waals surface area contributed by atoms with E-state index in [1.54, 1.807) is 6.07 Å². The molecule has 2 unspecified atom stereocenters. The van der Waals surface area contributed by atoms with Crippen LogP contribution < -0.4 is 10.6 Å². The zero-order valence-corrected chi connectivity index (χ0v) is 11.8. The normalized spacial score (nSPS) is 25.7. The summed E-state index contributed by atoms with van der Waals surface area (Å²) in [5, 5.41) is 6.28. The molecule has 20 heavy (non-hydrogen) atoms. The highest BCUT2D eigenvalue weighted by Crippen LogP contribution is 2.26. The third kappa shape index (κ3) is 2.95. The van der Waals surface area contributed by atoms with Gasteiger partial charge in [0.05, 0.1) is 12.2 Å². The number of nitrogens with one attached hydrogen (secondary N) is 2. The Morgan fingerprint density at radius 1 is 1.40 bits per heavy atom. The lowest BCUT2D eigenvalue weighted by Gasteiger charge is -2.16. The first-order valence-electron chi connectivity index (χ1n) is 6.80.